The van der Waals surface area contributed by atoms with Crippen molar-refractivity contribution >= 4 is 12.6 Å². The van der Waals surface area contributed by atoms with Gasteiger partial charge in [0.15, 0.2) is 11.5 Å². The van der Waals surface area contributed by atoms with Crippen molar-refractivity contribution in [3.8, 4) is 11.5 Å². The number of hydrogen-bond donors (Lipinski definition) is 3. The lowest BCUT2D eigenvalue weighted by Crippen LogP contribution is -2.19. The lowest BCUT2D eigenvalue weighted by Gasteiger charge is -2.18. The summed E-state index contributed by atoms with van der Waals surface area (Å²) < 4.78 is 11.1. The summed E-state index contributed by atoms with van der Waals surface area (Å²) in [6, 6.07) is 14.9. The molecule has 2 rings (SSSR count). The third-order valence-corrected chi connectivity index (χ3v) is 3.69. The number of aliphatic hydroxyl groups excluding tert-OH is 2. The largest absolute Gasteiger partial charge is 0.493 e. The van der Waals surface area contributed by atoms with Gasteiger partial charge in [0.05, 0.1) is 13.2 Å². The summed E-state index contributed by atoms with van der Waals surface area (Å²) in [5.74, 6) is 1.27. The van der Waals surface area contributed by atoms with E-state index >= 15 is 0 Å². The minimum atomic E-state index is -1.01. The standard InChI is InChI=1S/C17H20O4S/c1-20-15-8-7-13(17(19)14(18)11-22)9-16(15)21-10-12-5-3-2-4-6-12/h2-9,14,17-19,22H,10-11H2,1H3. The number of aliphatic hydroxyl groups is 2. The van der Waals surface area contributed by atoms with Crippen LogP contribution in [0.25, 0.3) is 0 Å². The highest BCUT2D eigenvalue weighted by molar-refractivity contribution is 7.80. The van der Waals surface area contributed by atoms with Gasteiger partial charge in [0.1, 0.15) is 12.7 Å². The molecule has 0 radical (unpaired) electrons. The minimum absolute atomic E-state index is 0.174. The van der Waals surface area contributed by atoms with Crippen molar-refractivity contribution < 1.29 is 19.7 Å². The maximum absolute atomic E-state index is 10.1. The number of ether oxygens (including phenoxy) is 2. The summed E-state index contributed by atoms with van der Waals surface area (Å²) in [5.41, 5.74) is 1.59. The van der Waals surface area contributed by atoms with E-state index in [0.717, 1.165) is 5.56 Å². The van der Waals surface area contributed by atoms with Gasteiger partial charge in [0, 0.05) is 5.75 Å². The number of thiol groups is 1. The summed E-state index contributed by atoms with van der Waals surface area (Å²) in [4.78, 5) is 0. The first kappa shape index (κ1) is 16.7. The van der Waals surface area contributed by atoms with E-state index in [1.807, 2.05) is 30.3 Å². The molecule has 0 spiro atoms. The second-order valence-electron chi connectivity index (χ2n) is 4.88. The normalized spacial score (nSPS) is 13.5. The average molecular weight is 320 g/mol. The summed E-state index contributed by atoms with van der Waals surface area (Å²) in [7, 11) is 1.56. The maximum atomic E-state index is 10.1. The highest BCUT2D eigenvalue weighted by Gasteiger charge is 2.18. The molecule has 2 aromatic carbocycles. The van der Waals surface area contributed by atoms with Crippen LogP contribution < -0.4 is 9.47 Å². The van der Waals surface area contributed by atoms with Crippen LogP contribution in [-0.2, 0) is 6.61 Å². The lowest BCUT2D eigenvalue weighted by atomic mass is 10.0. The Morgan fingerprint density at radius 1 is 1.05 bits per heavy atom. The Hall–Kier alpha value is -1.69. The van der Waals surface area contributed by atoms with Gasteiger partial charge in [-0.15, -0.1) is 0 Å². The molecule has 0 bridgehead atoms. The number of hydrogen-bond acceptors (Lipinski definition) is 5. The van der Waals surface area contributed by atoms with E-state index in [1.165, 1.54) is 0 Å². The van der Waals surface area contributed by atoms with Gasteiger partial charge in [-0.2, -0.15) is 12.6 Å². The number of benzene rings is 2. The first-order valence-corrected chi connectivity index (χ1v) is 7.60. The molecule has 0 saturated heterocycles. The van der Waals surface area contributed by atoms with Crippen LogP contribution in [0, 0.1) is 0 Å². The molecule has 2 unspecified atom stereocenters. The van der Waals surface area contributed by atoms with Crippen LogP contribution >= 0.6 is 12.6 Å². The molecule has 0 amide bonds. The van der Waals surface area contributed by atoms with E-state index in [1.54, 1.807) is 25.3 Å². The molecule has 0 fully saturated rings. The van der Waals surface area contributed by atoms with Gasteiger partial charge in [0.2, 0.25) is 0 Å². The Labute approximate surface area is 135 Å². The topological polar surface area (TPSA) is 58.9 Å². The Morgan fingerprint density at radius 3 is 2.41 bits per heavy atom. The molecule has 22 heavy (non-hydrogen) atoms. The monoisotopic (exact) mass is 320 g/mol. The van der Waals surface area contributed by atoms with Crippen molar-refractivity contribution in [1.82, 2.24) is 0 Å². The number of methoxy groups -OCH3 is 1. The van der Waals surface area contributed by atoms with Crippen molar-refractivity contribution in [3.05, 3.63) is 59.7 Å². The second-order valence-corrected chi connectivity index (χ2v) is 5.24. The summed E-state index contributed by atoms with van der Waals surface area (Å²) in [6.45, 7) is 0.395. The maximum Gasteiger partial charge on any atom is 0.162 e. The fourth-order valence-electron chi connectivity index (χ4n) is 2.05. The predicted molar refractivity (Wildman–Crippen MR) is 88.6 cm³/mol. The second kappa shape index (κ2) is 8.08. The third-order valence-electron chi connectivity index (χ3n) is 3.32. The Morgan fingerprint density at radius 2 is 1.77 bits per heavy atom. The molecule has 5 heteroatoms. The van der Waals surface area contributed by atoms with Crippen molar-refractivity contribution in [2.24, 2.45) is 0 Å². The molecule has 2 aromatic rings. The van der Waals surface area contributed by atoms with E-state index in [2.05, 4.69) is 12.6 Å². The van der Waals surface area contributed by atoms with E-state index < -0.39 is 12.2 Å². The minimum Gasteiger partial charge on any atom is -0.493 e. The summed E-state index contributed by atoms with van der Waals surface area (Å²) in [5, 5.41) is 19.8. The Kier molecular flexibility index (Phi) is 6.12. The summed E-state index contributed by atoms with van der Waals surface area (Å²) >= 11 is 3.99. The van der Waals surface area contributed by atoms with E-state index in [-0.39, 0.29) is 5.75 Å². The smallest absolute Gasteiger partial charge is 0.162 e. The van der Waals surface area contributed by atoms with Crippen LogP contribution in [0.2, 0.25) is 0 Å². The van der Waals surface area contributed by atoms with Crippen LogP contribution in [0.3, 0.4) is 0 Å². The van der Waals surface area contributed by atoms with Gasteiger partial charge in [-0.05, 0) is 23.3 Å². The van der Waals surface area contributed by atoms with Crippen molar-refractivity contribution in [1.29, 1.82) is 0 Å². The Balaban J connectivity index is 2.17. The lowest BCUT2D eigenvalue weighted by molar-refractivity contribution is 0.0335. The van der Waals surface area contributed by atoms with Gasteiger partial charge < -0.3 is 19.7 Å². The zero-order valence-corrected chi connectivity index (χ0v) is 13.2. The van der Waals surface area contributed by atoms with Crippen LogP contribution in [0.1, 0.15) is 17.2 Å². The molecule has 0 heterocycles. The molecule has 118 valence electrons. The fraction of sp³-hybridized carbons (Fsp3) is 0.294. The quantitative estimate of drug-likeness (QED) is 0.686. The average Bonchev–Trinajstić information content (AvgIpc) is 2.59. The zero-order valence-electron chi connectivity index (χ0n) is 12.3. The van der Waals surface area contributed by atoms with Crippen molar-refractivity contribution in [2.75, 3.05) is 12.9 Å². The SMILES string of the molecule is COc1ccc(C(O)C(O)CS)cc1OCc1ccccc1. The Bertz CT molecular complexity index is 588. The molecule has 2 N–H and O–H groups in total. The van der Waals surface area contributed by atoms with Gasteiger partial charge in [0.25, 0.3) is 0 Å². The van der Waals surface area contributed by atoms with E-state index in [0.29, 0.717) is 23.7 Å². The molecule has 0 aliphatic rings. The molecular weight excluding hydrogens is 300 g/mol. The van der Waals surface area contributed by atoms with E-state index in [9.17, 15) is 10.2 Å². The highest BCUT2D eigenvalue weighted by atomic mass is 32.1. The van der Waals surface area contributed by atoms with Crippen molar-refractivity contribution in [3.63, 3.8) is 0 Å². The van der Waals surface area contributed by atoms with Crippen LogP contribution in [0.4, 0.5) is 0 Å². The van der Waals surface area contributed by atoms with Crippen LogP contribution in [-0.4, -0.2) is 29.2 Å². The molecule has 0 aliphatic heterocycles. The first-order valence-electron chi connectivity index (χ1n) is 6.97. The number of rotatable bonds is 7. The third kappa shape index (κ3) is 4.16. The van der Waals surface area contributed by atoms with Gasteiger partial charge in [-0.25, -0.2) is 0 Å². The molecule has 0 aliphatic carbocycles. The van der Waals surface area contributed by atoms with Crippen LogP contribution in [0.5, 0.6) is 11.5 Å². The summed E-state index contributed by atoms with van der Waals surface area (Å²) in [6.07, 6.45) is -1.94. The molecule has 0 aromatic heterocycles. The molecule has 2 atom stereocenters. The highest BCUT2D eigenvalue weighted by Crippen LogP contribution is 2.32. The predicted octanol–water partition coefficient (Wildman–Crippen LogP) is 2.60. The van der Waals surface area contributed by atoms with Gasteiger partial charge in [-0.1, -0.05) is 36.4 Å². The first-order chi connectivity index (χ1) is 10.7. The molecule has 4 nitrogen and oxygen atoms in total. The van der Waals surface area contributed by atoms with Crippen molar-refractivity contribution in [2.45, 2.75) is 18.8 Å². The van der Waals surface area contributed by atoms with E-state index in [4.69, 9.17) is 9.47 Å². The van der Waals surface area contributed by atoms with Gasteiger partial charge in [-0.3, -0.25) is 0 Å². The van der Waals surface area contributed by atoms with Crippen LogP contribution in [0.15, 0.2) is 48.5 Å². The zero-order chi connectivity index (χ0) is 15.9. The molecule has 0 saturated carbocycles. The fourth-order valence-corrected chi connectivity index (χ4v) is 2.25. The van der Waals surface area contributed by atoms with Gasteiger partial charge >= 0.3 is 0 Å². The molecular formula is C17H20O4S.